The van der Waals surface area contributed by atoms with E-state index in [2.05, 4.69) is 67.6 Å². The number of hydrogen-bond acceptors (Lipinski definition) is 0. The third-order valence-corrected chi connectivity index (χ3v) is 6.31. The van der Waals surface area contributed by atoms with E-state index in [1.165, 1.54) is 10.0 Å². The molecule has 0 radical (unpaired) electrons. The van der Waals surface area contributed by atoms with E-state index in [0.717, 1.165) is 0 Å². The molecule has 3 rings (SSSR count). The molecule has 1 aromatic rings. The number of rotatable bonds is 2. The van der Waals surface area contributed by atoms with Crippen molar-refractivity contribution in [2.45, 2.75) is 11.7 Å². The summed E-state index contributed by atoms with van der Waals surface area (Å²) in [5.41, 5.74) is 1.32. The summed E-state index contributed by atoms with van der Waals surface area (Å²) in [6.07, 6.45) is 12.9. The van der Waals surface area contributed by atoms with Gasteiger partial charge in [-0.25, -0.2) is 0 Å². The normalized spacial score (nSPS) is 34.8. The van der Waals surface area contributed by atoms with Crippen molar-refractivity contribution in [2.75, 3.05) is 0 Å². The Bertz CT molecular complexity index is 520. The first-order chi connectivity index (χ1) is 8.70. The van der Waals surface area contributed by atoms with Gasteiger partial charge < -0.3 is 0 Å². The molecule has 2 aliphatic rings. The van der Waals surface area contributed by atoms with Crippen LogP contribution in [0.5, 0.6) is 0 Å². The van der Waals surface area contributed by atoms with Crippen molar-refractivity contribution in [2.24, 2.45) is 11.8 Å². The zero-order valence-electron chi connectivity index (χ0n) is 10.8. The van der Waals surface area contributed by atoms with E-state index in [9.17, 15) is 0 Å². The molecule has 1 heteroatoms. The monoisotopic (exact) mass is 289 g/mol. The third kappa shape index (κ3) is 2.18. The van der Waals surface area contributed by atoms with E-state index >= 15 is 0 Å². The minimum absolute atomic E-state index is 0.163. The Morgan fingerprint density at radius 2 is 1.65 bits per heavy atom. The fourth-order valence-electron chi connectivity index (χ4n) is 2.27. The van der Waals surface area contributed by atoms with E-state index in [4.69, 9.17) is 1.37 Å². The summed E-state index contributed by atoms with van der Waals surface area (Å²) in [6.45, 7) is 2.15. The van der Waals surface area contributed by atoms with Crippen LogP contribution in [-0.4, -0.2) is 15.0 Å². The van der Waals surface area contributed by atoms with Crippen LogP contribution in [0, 0.1) is 18.8 Å². The van der Waals surface area contributed by atoms with Gasteiger partial charge in [0.1, 0.15) is 0 Å². The number of fused-ring (bicyclic) bond motifs is 2. The molecule has 17 heavy (non-hydrogen) atoms. The number of benzene rings is 1. The number of allylic oxidation sites excluding steroid dienone is 6. The Hall–Kier alpha value is -1.04. The van der Waals surface area contributed by atoms with Crippen LogP contribution in [0.1, 0.15) is 6.93 Å². The Kier molecular flexibility index (Phi) is 2.73. The van der Waals surface area contributed by atoms with Crippen molar-refractivity contribution in [1.82, 2.24) is 0 Å². The Labute approximate surface area is 111 Å². The average Bonchev–Trinajstić information content (AvgIpc) is 2.51. The van der Waals surface area contributed by atoms with Gasteiger partial charge in [-0.2, -0.15) is 0 Å². The molecule has 0 aliphatic heterocycles. The molecule has 0 aromatic heterocycles. The average molecular weight is 288 g/mol. The molecule has 1 aromatic carbocycles. The molecule has 0 heterocycles. The second-order valence-corrected chi connectivity index (χ2v) is 6.82. The quantitative estimate of drug-likeness (QED) is 0.579. The van der Waals surface area contributed by atoms with Gasteiger partial charge in [0.25, 0.3) is 0 Å². The van der Waals surface area contributed by atoms with E-state index in [1.54, 1.807) is 0 Å². The Morgan fingerprint density at radius 1 is 1.00 bits per heavy atom. The zero-order valence-corrected chi connectivity index (χ0v) is 11.5. The maximum atomic E-state index is 8.93. The molecule has 0 saturated carbocycles. The predicted octanol–water partition coefficient (Wildman–Crippen LogP) is 3.04. The molecule has 86 valence electrons. The molecule has 2 bridgehead atoms. The molecular weight excluding hydrogens is 271 g/mol. The van der Waals surface area contributed by atoms with Gasteiger partial charge in [-0.15, -0.1) is 0 Å². The van der Waals surface area contributed by atoms with Crippen LogP contribution in [0.4, 0.5) is 0 Å². The second-order valence-electron chi connectivity index (χ2n) is 4.48. The molecule has 2 atom stereocenters. The van der Waals surface area contributed by atoms with Crippen LogP contribution in [0.25, 0.3) is 0 Å². The zero-order chi connectivity index (χ0) is 12.6. The van der Waals surface area contributed by atoms with Crippen molar-refractivity contribution in [3.63, 3.8) is 0 Å². The Balaban J connectivity index is 1.95. The van der Waals surface area contributed by atoms with Crippen molar-refractivity contribution in [3.8, 4) is 0 Å². The summed E-state index contributed by atoms with van der Waals surface area (Å²) < 4.78 is 10.3. The molecule has 0 amide bonds. The minimum atomic E-state index is -0.386. The van der Waals surface area contributed by atoms with Gasteiger partial charge in [-0.1, -0.05) is 0 Å². The first-order valence-corrected chi connectivity index (χ1v) is 7.69. The van der Waals surface area contributed by atoms with Gasteiger partial charge in [-0.3, -0.25) is 0 Å². The molecule has 2 unspecified atom stereocenters. The summed E-state index contributed by atoms with van der Waals surface area (Å²) >= 11 is 0.163. The topological polar surface area (TPSA) is 0 Å². The van der Waals surface area contributed by atoms with Crippen LogP contribution in [0.3, 0.4) is 0 Å². The van der Waals surface area contributed by atoms with Gasteiger partial charge in [0, 0.05) is 0 Å². The molecule has 0 nitrogen and oxygen atoms in total. The molecule has 0 saturated heterocycles. The van der Waals surface area contributed by atoms with Crippen LogP contribution in [-0.2, 0) is 0 Å². The van der Waals surface area contributed by atoms with Crippen LogP contribution in [0.15, 0.2) is 60.7 Å². The predicted molar refractivity (Wildman–Crippen MR) is 74.7 cm³/mol. The molecule has 0 fully saturated rings. The van der Waals surface area contributed by atoms with Crippen molar-refractivity contribution >= 4 is 19.4 Å². The van der Waals surface area contributed by atoms with E-state index in [-0.39, 0.29) is 31.6 Å². The molecule has 2 aliphatic carbocycles. The van der Waals surface area contributed by atoms with E-state index in [0.29, 0.717) is 0 Å². The standard InChI is InChI=1S/C16H16Se/c1-12-6-2-5-9-15(12)17-16-13-7-3-4-8-14(16)11-10-13/h2-11,13-14,16H,1H3/i16D. The molecule has 0 spiro atoms. The van der Waals surface area contributed by atoms with Gasteiger partial charge >= 0.3 is 111 Å². The summed E-state index contributed by atoms with van der Waals surface area (Å²) in [6, 6.07) is 8.50. The van der Waals surface area contributed by atoms with E-state index in [1.807, 2.05) is 0 Å². The van der Waals surface area contributed by atoms with Crippen LogP contribution < -0.4 is 4.46 Å². The maximum absolute atomic E-state index is 8.93. The Morgan fingerprint density at radius 3 is 2.29 bits per heavy atom. The van der Waals surface area contributed by atoms with Crippen LogP contribution in [0.2, 0.25) is 4.79 Å². The van der Waals surface area contributed by atoms with Crippen molar-refractivity contribution in [3.05, 3.63) is 66.3 Å². The van der Waals surface area contributed by atoms with Gasteiger partial charge in [-0.05, 0) is 0 Å². The van der Waals surface area contributed by atoms with Gasteiger partial charge in [0.2, 0.25) is 0 Å². The van der Waals surface area contributed by atoms with Crippen molar-refractivity contribution in [1.29, 1.82) is 0 Å². The number of hydrogen-bond donors (Lipinski definition) is 0. The second kappa shape index (κ2) is 4.68. The summed E-state index contributed by atoms with van der Waals surface area (Å²) in [7, 11) is 0. The number of aryl methyl sites for hydroxylation is 1. The third-order valence-electron chi connectivity index (χ3n) is 3.25. The SMILES string of the molecule is [2H]C1([Se]c2ccccc2C)C2C=CC=CC1C=C2. The van der Waals surface area contributed by atoms with Gasteiger partial charge in [0.05, 0.1) is 0 Å². The summed E-state index contributed by atoms with van der Waals surface area (Å²) in [5, 5.41) is 0. The molecule has 0 N–H and O–H groups in total. The molecular formula is C16H16Se. The van der Waals surface area contributed by atoms with Gasteiger partial charge in [0.15, 0.2) is 0 Å². The summed E-state index contributed by atoms with van der Waals surface area (Å²) in [4.78, 5) is -0.386. The fourth-order valence-corrected chi connectivity index (χ4v) is 4.82. The fraction of sp³-hybridized carbons (Fsp3) is 0.250. The summed E-state index contributed by atoms with van der Waals surface area (Å²) in [5.74, 6) is 0.522. The first kappa shape index (κ1) is 9.94. The first-order valence-electron chi connectivity index (χ1n) is 6.48. The van der Waals surface area contributed by atoms with Crippen molar-refractivity contribution < 1.29 is 1.37 Å². The van der Waals surface area contributed by atoms with Crippen LogP contribution >= 0.6 is 0 Å². The van der Waals surface area contributed by atoms with E-state index < -0.39 is 0 Å².